The van der Waals surface area contributed by atoms with Crippen LogP contribution in [-0.4, -0.2) is 68.9 Å². The minimum absolute atomic E-state index is 0.0204. The van der Waals surface area contributed by atoms with Crippen LogP contribution in [0.4, 0.5) is 0 Å². The number of para-hydroxylation sites is 1. The molecule has 6 heteroatoms. The molecule has 2 unspecified atom stereocenters. The van der Waals surface area contributed by atoms with E-state index in [0.717, 1.165) is 44.3 Å². The van der Waals surface area contributed by atoms with Crippen molar-refractivity contribution >= 4 is 5.96 Å². The maximum Gasteiger partial charge on any atom is 0.191 e. The number of nitrogens with one attached hydrogen (secondary N) is 2. The lowest BCUT2D eigenvalue weighted by atomic mass is 10.00. The van der Waals surface area contributed by atoms with Gasteiger partial charge in [0.1, 0.15) is 5.75 Å². The predicted octanol–water partition coefficient (Wildman–Crippen LogP) is 2.29. The molecule has 6 nitrogen and oxygen atoms in total. The molecule has 2 rings (SSSR count). The van der Waals surface area contributed by atoms with Gasteiger partial charge in [-0.15, -0.1) is 0 Å². The first-order valence-corrected chi connectivity index (χ1v) is 9.82. The van der Waals surface area contributed by atoms with Gasteiger partial charge in [-0.05, 0) is 45.7 Å². The lowest BCUT2D eigenvalue weighted by molar-refractivity contribution is -0.0946. The molecule has 1 aromatic carbocycles. The van der Waals surface area contributed by atoms with Crippen molar-refractivity contribution in [3.63, 3.8) is 0 Å². The molecule has 2 N–H and O–H groups in total. The summed E-state index contributed by atoms with van der Waals surface area (Å²) in [5.41, 5.74) is 1.21. The molecule has 1 saturated heterocycles. The highest BCUT2D eigenvalue weighted by Gasteiger charge is 2.33. The van der Waals surface area contributed by atoms with E-state index in [1.165, 1.54) is 5.56 Å². The van der Waals surface area contributed by atoms with Crippen molar-refractivity contribution in [1.29, 1.82) is 0 Å². The molecule has 1 aromatic rings. The largest absolute Gasteiger partial charge is 0.496 e. The van der Waals surface area contributed by atoms with E-state index in [9.17, 15) is 0 Å². The Bertz CT molecular complexity index is 608. The van der Waals surface area contributed by atoms with Gasteiger partial charge in [-0.1, -0.05) is 18.2 Å². The van der Waals surface area contributed by atoms with E-state index in [0.29, 0.717) is 0 Å². The minimum Gasteiger partial charge on any atom is -0.496 e. The maximum atomic E-state index is 5.86. The molecule has 0 aliphatic carbocycles. The fraction of sp³-hybridized carbons (Fsp3) is 0.667. The molecule has 0 spiro atoms. The van der Waals surface area contributed by atoms with E-state index in [1.54, 1.807) is 7.11 Å². The molecule has 152 valence electrons. The second-order valence-electron chi connectivity index (χ2n) is 7.89. The second kappa shape index (κ2) is 9.95. The fourth-order valence-electron chi connectivity index (χ4n) is 3.53. The summed E-state index contributed by atoms with van der Waals surface area (Å²) in [7, 11) is 3.52. The van der Waals surface area contributed by atoms with E-state index in [4.69, 9.17) is 9.47 Å². The topological polar surface area (TPSA) is 58.1 Å². The molecular formula is C21H36N4O2. The first-order valence-electron chi connectivity index (χ1n) is 9.82. The molecule has 27 heavy (non-hydrogen) atoms. The number of rotatable bonds is 7. The Kier molecular flexibility index (Phi) is 7.92. The highest BCUT2D eigenvalue weighted by molar-refractivity contribution is 5.79. The highest BCUT2D eigenvalue weighted by Crippen LogP contribution is 2.20. The molecule has 0 amide bonds. The van der Waals surface area contributed by atoms with Crippen molar-refractivity contribution in [3.8, 4) is 5.75 Å². The van der Waals surface area contributed by atoms with Gasteiger partial charge in [0.25, 0.3) is 0 Å². The maximum absolute atomic E-state index is 5.86. The number of ether oxygens (including phenoxy) is 2. The molecule has 0 bridgehead atoms. The van der Waals surface area contributed by atoms with E-state index in [-0.39, 0.29) is 17.7 Å². The molecule has 1 aliphatic heterocycles. The van der Waals surface area contributed by atoms with Crippen molar-refractivity contribution in [3.05, 3.63) is 29.8 Å². The van der Waals surface area contributed by atoms with Crippen LogP contribution < -0.4 is 15.4 Å². The van der Waals surface area contributed by atoms with Crippen LogP contribution in [0.25, 0.3) is 0 Å². The SMILES string of the molecule is CN=C(NCCc1ccccc1OC)NCC(C)(C)N1CC(C)OC(C)C1. The average Bonchev–Trinajstić information content (AvgIpc) is 2.64. The lowest BCUT2D eigenvalue weighted by Gasteiger charge is -2.45. The van der Waals surface area contributed by atoms with Gasteiger partial charge in [-0.2, -0.15) is 0 Å². The zero-order chi connectivity index (χ0) is 19.9. The van der Waals surface area contributed by atoms with Gasteiger partial charge in [-0.25, -0.2) is 0 Å². The Hall–Kier alpha value is -1.79. The highest BCUT2D eigenvalue weighted by atomic mass is 16.5. The third-order valence-electron chi connectivity index (χ3n) is 5.07. The van der Waals surface area contributed by atoms with Gasteiger partial charge >= 0.3 is 0 Å². The lowest BCUT2D eigenvalue weighted by Crippen LogP contribution is -2.59. The minimum atomic E-state index is 0.0204. The van der Waals surface area contributed by atoms with Gasteiger partial charge in [0.15, 0.2) is 5.96 Å². The van der Waals surface area contributed by atoms with Gasteiger partial charge in [0.05, 0.1) is 19.3 Å². The van der Waals surface area contributed by atoms with Crippen LogP contribution in [0.5, 0.6) is 5.75 Å². The first kappa shape index (κ1) is 21.5. The summed E-state index contributed by atoms with van der Waals surface area (Å²) >= 11 is 0. The van der Waals surface area contributed by atoms with Crippen LogP contribution in [-0.2, 0) is 11.2 Å². The molecule has 1 heterocycles. The molecule has 0 aromatic heterocycles. The quantitative estimate of drug-likeness (QED) is 0.565. The molecule has 0 saturated carbocycles. The van der Waals surface area contributed by atoms with E-state index in [1.807, 2.05) is 25.2 Å². The van der Waals surface area contributed by atoms with Crippen molar-refractivity contribution in [2.24, 2.45) is 4.99 Å². The predicted molar refractivity (Wildman–Crippen MR) is 112 cm³/mol. The van der Waals surface area contributed by atoms with Crippen LogP contribution in [0, 0.1) is 0 Å². The number of aliphatic imine (C=N–C) groups is 1. The molecule has 0 radical (unpaired) electrons. The van der Waals surface area contributed by atoms with E-state index >= 15 is 0 Å². The smallest absolute Gasteiger partial charge is 0.191 e. The Morgan fingerprint density at radius 2 is 1.89 bits per heavy atom. The Balaban J connectivity index is 1.82. The van der Waals surface area contributed by atoms with E-state index < -0.39 is 0 Å². The van der Waals surface area contributed by atoms with E-state index in [2.05, 4.69) is 54.3 Å². The van der Waals surface area contributed by atoms with Crippen molar-refractivity contribution in [2.45, 2.75) is 51.9 Å². The first-order chi connectivity index (χ1) is 12.9. The standard InChI is InChI=1S/C21H36N4O2/c1-16-13-25(14-17(2)27-16)21(3,4)15-24-20(22-5)23-12-11-18-9-7-8-10-19(18)26-6/h7-10,16-17H,11-15H2,1-6H3,(H2,22,23,24). The van der Waals surface area contributed by atoms with Crippen molar-refractivity contribution in [2.75, 3.05) is 40.3 Å². The van der Waals surface area contributed by atoms with Crippen LogP contribution in [0.3, 0.4) is 0 Å². The van der Waals surface area contributed by atoms with Gasteiger partial charge in [0.2, 0.25) is 0 Å². The second-order valence-corrected chi connectivity index (χ2v) is 7.89. The monoisotopic (exact) mass is 376 g/mol. The number of hydrogen-bond donors (Lipinski definition) is 2. The Labute approximate surface area is 164 Å². The Morgan fingerprint density at radius 3 is 2.52 bits per heavy atom. The number of nitrogens with zero attached hydrogens (tertiary/aromatic N) is 2. The summed E-state index contributed by atoms with van der Waals surface area (Å²) in [5.74, 6) is 1.76. The molecular weight excluding hydrogens is 340 g/mol. The number of morpholine rings is 1. The third-order valence-corrected chi connectivity index (χ3v) is 5.07. The van der Waals surface area contributed by atoms with Crippen LogP contribution in [0.2, 0.25) is 0 Å². The van der Waals surface area contributed by atoms with Crippen molar-refractivity contribution < 1.29 is 9.47 Å². The average molecular weight is 377 g/mol. The zero-order valence-electron chi connectivity index (χ0n) is 17.7. The molecule has 1 fully saturated rings. The molecule has 1 aliphatic rings. The van der Waals surface area contributed by atoms with Crippen molar-refractivity contribution in [1.82, 2.24) is 15.5 Å². The summed E-state index contributed by atoms with van der Waals surface area (Å²) in [6.45, 7) is 12.4. The van der Waals surface area contributed by atoms with Gasteiger partial charge in [-0.3, -0.25) is 9.89 Å². The number of hydrogen-bond acceptors (Lipinski definition) is 4. The van der Waals surface area contributed by atoms with Crippen LogP contribution in [0.1, 0.15) is 33.3 Å². The summed E-state index contributed by atoms with van der Waals surface area (Å²) in [4.78, 5) is 6.86. The molecule has 2 atom stereocenters. The van der Waals surface area contributed by atoms with Gasteiger partial charge in [0, 0.05) is 38.8 Å². The Morgan fingerprint density at radius 1 is 1.22 bits per heavy atom. The normalized spacial score (nSPS) is 21.8. The zero-order valence-corrected chi connectivity index (χ0v) is 17.7. The number of methoxy groups -OCH3 is 1. The number of benzene rings is 1. The summed E-state index contributed by atoms with van der Waals surface area (Å²) in [6.07, 6.45) is 1.42. The summed E-state index contributed by atoms with van der Waals surface area (Å²) < 4.78 is 11.3. The van der Waals surface area contributed by atoms with Gasteiger partial charge < -0.3 is 20.1 Å². The summed E-state index contributed by atoms with van der Waals surface area (Å²) in [6, 6.07) is 8.12. The fourth-order valence-corrected chi connectivity index (χ4v) is 3.53. The third kappa shape index (κ3) is 6.40. The number of guanidine groups is 1. The van der Waals surface area contributed by atoms with Crippen LogP contribution in [0.15, 0.2) is 29.3 Å². The summed E-state index contributed by atoms with van der Waals surface area (Å²) in [5, 5.41) is 6.88. The van der Waals surface area contributed by atoms with Crippen LogP contribution >= 0.6 is 0 Å².